The Morgan fingerprint density at radius 3 is 2.44 bits per heavy atom. The quantitative estimate of drug-likeness (QED) is 0.633. The highest BCUT2D eigenvalue weighted by Crippen LogP contribution is 2.16. The van der Waals surface area contributed by atoms with Crippen molar-refractivity contribution in [3.8, 4) is 0 Å². The first-order chi connectivity index (χ1) is 13.1. The van der Waals surface area contributed by atoms with Crippen molar-refractivity contribution in [1.29, 1.82) is 0 Å². The second-order valence-corrected chi connectivity index (χ2v) is 6.38. The van der Waals surface area contributed by atoms with E-state index in [-0.39, 0.29) is 11.7 Å². The zero-order valence-electron chi connectivity index (χ0n) is 14.6. The van der Waals surface area contributed by atoms with Crippen LogP contribution in [0.2, 0.25) is 5.02 Å². The lowest BCUT2D eigenvalue weighted by molar-refractivity contribution is 0.0953. The number of amides is 1. The van der Waals surface area contributed by atoms with Crippen molar-refractivity contribution in [2.45, 2.75) is 13.0 Å². The van der Waals surface area contributed by atoms with E-state index in [1.807, 2.05) is 24.3 Å². The molecule has 3 aromatic rings. The lowest BCUT2D eigenvalue weighted by atomic mass is 10.1. The van der Waals surface area contributed by atoms with Gasteiger partial charge in [-0.15, -0.1) is 0 Å². The molecule has 4 nitrogen and oxygen atoms in total. The molecular formula is C21H19ClFN3O. The number of carbonyl (C=O) groups is 1. The summed E-state index contributed by atoms with van der Waals surface area (Å²) in [6.07, 6.45) is 1.94. The van der Waals surface area contributed by atoms with Crippen molar-refractivity contribution in [3.05, 3.63) is 94.4 Å². The van der Waals surface area contributed by atoms with Crippen molar-refractivity contribution in [1.82, 2.24) is 10.3 Å². The summed E-state index contributed by atoms with van der Waals surface area (Å²) in [6, 6.07) is 17.5. The summed E-state index contributed by atoms with van der Waals surface area (Å²) in [5, 5.41) is 6.64. The lowest BCUT2D eigenvalue weighted by Gasteiger charge is -2.09. The summed E-state index contributed by atoms with van der Waals surface area (Å²) < 4.78 is 13.6. The van der Waals surface area contributed by atoms with E-state index >= 15 is 0 Å². The van der Waals surface area contributed by atoms with Gasteiger partial charge in [-0.3, -0.25) is 4.79 Å². The fourth-order valence-corrected chi connectivity index (χ4v) is 2.78. The molecule has 0 saturated heterocycles. The van der Waals surface area contributed by atoms with Crippen molar-refractivity contribution in [2.24, 2.45) is 0 Å². The van der Waals surface area contributed by atoms with Gasteiger partial charge in [-0.05, 0) is 41.8 Å². The standard InChI is InChI=1S/C21H19ClFN3O/c22-18-7-3-1-6-16(18)13-25-20-10-9-17(14-26-20)21(27)24-12-11-15-5-2-4-8-19(15)23/h1-10,14H,11-13H2,(H,24,27)(H,25,26). The Kier molecular flexibility index (Phi) is 6.39. The molecule has 3 rings (SSSR count). The Labute approximate surface area is 162 Å². The normalized spacial score (nSPS) is 10.4. The molecule has 138 valence electrons. The van der Waals surface area contributed by atoms with Crippen LogP contribution in [0.15, 0.2) is 66.9 Å². The van der Waals surface area contributed by atoms with Gasteiger partial charge in [-0.25, -0.2) is 9.37 Å². The topological polar surface area (TPSA) is 54.0 Å². The molecule has 0 atom stereocenters. The zero-order valence-corrected chi connectivity index (χ0v) is 15.3. The van der Waals surface area contributed by atoms with E-state index in [1.54, 1.807) is 30.3 Å². The van der Waals surface area contributed by atoms with Crippen molar-refractivity contribution in [3.63, 3.8) is 0 Å². The van der Waals surface area contributed by atoms with Crippen molar-refractivity contribution in [2.75, 3.05) is 11.9 Å². The van der Waals surface area contributed by atoms with Gasteiger partial charge in [0.25, 0.3) is 5.91 Å². The molecule has 1 aromatic heterocycles. The molecule has 2 aromatic carbocycles. The molecule has 0 aliphatic rings. The van der Waals surface area contributed by atoms with Crippen LogP contribution in [0.25, 0.3) is 0 Å². The second kappa shape index (κ2) is 9.14. The number of hydrogen-bond acceptors (Lipinski definition) is 3. The van der Waals surface area contributed by atoms with E-state index in [9.17, 15) is 9.18 Å². The number of carbonyl (C=O) groups excluding carboxylic acids is 1. The number of benzene rings is 2. The van der Waals surface area contributed by atoms with Gasteiger partial charge in [0.05, 0.1) is 5.56 Å². The van der Waals surface area contributed by atoms with Crippen LogP contribution in [0.3, 0.4) is 0 Å². The molecule has 0 unspecified atom stereocenters. The molecule has 1 amide bonds. The molecule has 27 heavy (non-hydrogen) atoms. The summed E-state index contributed by atoms with van der Waals surface area (Å²) in [7, 11) is 0. The van der Waals surface area contributed by atoms with E-state index in [1.165, 1.54) is 12.3 Å². The predicted octanol–water partition coefficient (Wildman–Crippen LogP) is 4.46. The molecule has 2 N–H and O–H groups in total. The first-order valence-corrected chi connectivity index (χ1v) is 8.96. The van der Waals surface area contributed by atoms with E-state index in [0.29, 0.717) is 41.5 Å². The molecule has 0 aliphatic carbocycles. The largest absolute Gasteiger partial charge is 0.366 e. The Hall–Kier alpha value is -2.92. The van der Waals surface area contributed by atoms with Crippen LogP contribution in [-0.4, -0.2) is 17.4 Å². The summed E-state index contributed by atoms with van der Waals surface area (Å²) in [6.45, 7) is 0.896. The van der Waals surface area contributed by atoms with Gasteiger partial charge in [-0.1, -0.05) is 48.0 Å². The fraction of sp³-hybridized carbons (Fsp3) is 0.143. The summed E-state index contributed by atoms with van der Waals surface area (Å²) >= 11 is 6.12. The van der Waals surface area contributed by atoms with Crippen LogP contribution < -0.4 is 10.6 Å². The molecule has 0 spiro atoms. The van der Waals surface area contributed by atoms with Gasteiger partial charge in [0.15, 0.2) is 0 Å². The minimum Gasteiger partial charge on any atom is -0.366 e. The maximum Gasteiger partial charge on any atom is 0.252 e. The maximum atomic E-state index is 13.6. The minimum absolute atomic E-state index is 0.239. The average Bonchev–Trinajstić information content (AvgIpc) is 2.69. The number of halogens is 2. The molecule has 1 heterocycles. The molecule has 0 saturated carbocycles. The maximum absolute atomic E-state index is 13.6. The lowest BCUT2D eigenvalue weighted by Crippen LogP contribution is -2.26. The third-order valence-electron chi connectivity index (χ3n) is 4.08. The Balaban J connectivity index is 1.50. The Bertz CT molecular complexity index is 915. The van der Waals surface area contributed by atoms with E-state index in [4.69, 9.17) is 11.6 Å². The van der Waals surface area contributed by atoms with Crippen LogP contribution in [0.1, 0.15) is 21.5 Å². The van der Waals surface area contributed by atoms with Gasteiger partial charge < -0.3 is 10.6 Å². The fourth-order valence-electron chi connectivity index (χ4n) is 2.57. The number of rotatable bonds is 7. The molecule has 6 heteroatoms. The van der Waals surface area contributed by atoms with Crippen LogP contribution in [-0.2, 0) is 13.0 Å². The number of nitrogens with one attached hydrogen (secondary N) is 2. The monoisotopic (exact) mass is 383 g/mol. The third kappa shape index (κ3) is 5.28. The van der Waals surface area contributed by atoms with Crippen molar-refractivity contribution >= 4 is 23.3 Å². The average molecular weight is 384 g/mol. The van der Waals surface area contributed by atoms with Gasteiger partial charge >= 0.3 is 0 Å². The first-order valence-electron chi connectivity index (χ1n) is 8.58. The highest BCUT2D eigenvalue weighted by atomic mass is 35.5. The van der Waals surface area contributed by atoms with Gasteiger partial charge in [0.1, 0.15) is 11.6 Å². The molecule has 0 radical (unpaired) electrons. The number of nitrogens with zero attached hydrogens (tertiary/aromatic N) is 1. The zero-order chi connectivity index (χ0) is 19.1. The van der Waals surface area contributed by atoms with Crippen LogP contribution in [0, 0.1) is 5.82 Å². The van der Waals surface area contributed by atoms with Crippen LogP contribution in [0.4, 0.5) is 10.2 Å². The number of anilines is 1. The third-order valence-corrected chi connectivity index (χ3v) is 4.45. The second-order valence-electron chi connectivity index (χ2n) is 5.97. The smallest absolute Gasteiger partial charge is 0.252 e. The number of pyridine rings is 1. The summed E-state index contributed by atoms with van der Waals surface area (Å²) in [4.78, 5) is 16.4. The van der Waals surface area contributed by atoms with Gasteiger partial charge in [0.2, 0.25) is 0 Å². The Morgan fingerprint density at radius 1 is 1.00 bits per heavy atom. The Morgan fingerprint density at radius 2 is 1.74 bits per heavy atom. The highest BCUT2D eigenvalue weighted by molar-refractivity contribution is 6.31. The van der Waals surface area contributed by atoms with Gasteiger partial charge in [0, 0.05) is 24.3 Å². The number of aromatic nitrogens is 1. The highest BCUT2D eigenvalue weighted by Gasteiger charge is 2.07. The molecule has 0 bridgehead atoms. The summed E-state index contributed by atoms with van der Waals surface area (Å²) in [5.41, 5.74) is 2.00. The predicted molar refractivity (Wildman–Crippen MR) is 105 cm³/mol. The van der Waals surface area contributed by atoms with E-state index in [0.717, 1.165) is 5.56 Å². The minimum atomic E-state index is -0.262. The molecule has 0 fully saturated rings. The number of hydrogen-bond donors (Lipinski definition) is 2. The van der Waals surface area contributed by atoms with Crippen LogP contribution in [0.5, 0.6) is 0 Å². The van der Waals surface area contributed by atoms with Gasteiger partial charge in [-0.2, -0.15) is 0 Å². The van der Waals surface area contributed by atoms with E-state index in [2.05, 4.69) is 15.6 Å². The SMILES string of the molecule is O=C(NCCc1ccccc1F)c1ccc(NCc2ccccc2Cl)nc1. The first kappa shape index (κ1) is 18.9. The van der Waals surface area contributed by atoms with E-state index < -0.39 is 0 Å². The van der Waals surface area contributed by atoms with Crippen molar-refractivity contribution < 1.29 is 9.18 Å². The summed E-state index contributed by atoms with van der Waals surface area (Å²) in [5.74, 6) is 0.150. The molecular weight excluding hydrogens is 365 g/mol. The molecule has 0 aliphatic heterocycles. The van der Waals surface area contributed by atoms with Crippen LogP contribution >= 0.6 is 11.6 Å².